The summed E-state index contributed by atoms with van der Waals surface area (Å²) in [4.78, 5) is 38.8. The molecular formula is C32H21F8N3O3S. The van der Waals surface area contributed by atoms with Crippen molar-refractivity contribution in [2.45, 2.75) is 23.2 Å². The molecule has 47 heavy (non-hydrogen) atoms. The number of amides is 3. The van der Waals surface area contributed by atoms with E-state index in [2.05, 4.69) is 10.6 Å². The first-order valence-electron chi connectivity index (χ1n) is 13.3. The normalized spacial score (nSPS) is 12.3. The fourth-order valence-electron chi connectivity index (χ4n) is 3.98. The highest BCUT2D eigenvalue weighted by Crippen LogP contribution is 2.38. The number of carbonyl (C=O) groups excluding carboxylic acids is 3. The minimum Gasteiger partial charge on any atom is -0.321 e. The molecule has 0 aliphatic heterocycles. The van der Waals surface area contributed by atoms with Gasteiger partial charge in [0.05, 0.1) is 5.25 Å². The Kier molecular flexibility index (Phi) is 10.7. The van der Waals surface area contributed by atoms with Crippen LogP contribution in [-0.4, -0.2) is 23.0 Å². The predicted octanol–water partition coefficient (Wildman–Crippen LogP) is 7.93. The maximum Gasteiger partial charge on any atom is 0.422 e. The van der Waals surface area contributed by atoms with Crippen molar-refractivity contribution in [3.8, 4) is 0 Å². The number of nitrogens with one attached hydrogen (secondary N) is 3. The molecule has 0 heterocycles. The lowest BCUT2D eigenvalue weighted by atomic mass is 10.1. The number of hydrogen-bond acceptors (Lipinski definition) is 4. The number of halogens is 8. The van der Waals surface area contributed by atoms with Gasteiger partial charge in [0, 0.05) is 21.7 Å². The van der Waals surface area contributed by atoms with Crippen molar-refractivity contribution in [2.75, 3.05) is 10.6 Å². The Bertz CT molecular complexity index is 1820. The molecule has 0 bridgehead atoms. The van der Waals surface area contributed by atoms with Crippen molar-refractivity contribution >= 4 is 46.9 Å². The molecule has 0 radical (unpaired) electrons. The molecule has 15 heteroatoms. The first-order valence-corrected chi connectivity index (χ1v) is 14.2. The average molecular weight is 680 g/mol. The Labute approximate surface area is 265 Å². The van der Waals surface area contributed by atoms with Gasteiger partial charge in [-0.15, -0.1) is 11.8 Å². The van der Waals surface area contributed by atoms with Crippen LogP contribution in [0.2, 0.25) is 0 Å². The van der Waals surface area contributed by atoms with Gasteiger partial charge in [-0.25, -0.2) is 22.0 Å². The van der Waals surface area contributed by atoms with E-state index in [0.29, 0.717) is 4.90 Å². The summed E-state index contributed by atoms with van der Waals surface area (Å²) in [5.41, 5.74) is -4.33. The second-order valence-corrected chi connectivity index (χ2v) is 11.0. The first-order chi connectivity index (χ1) is 22.2. The third-order valence-electron chi connectivity index (χ3n) is 6.32. The molecule has 1 unspecified atom stereocenters. The molecule has 3 N–H and O–H groups in total. The number of carbonyl (C=O) groups is 3. The summed E-state index contributed by atoms with van der Waals surface area (Å²) in [7, 11) is 0. The number of alkyl halides is 3. The summed E-state index contributed by atoms with van der Waals surface area (Å²) in [6, 6.07) is 19.1. The smallest absolute Gasteiger partial charge is 0.321 e. The fourth-order valence-corrected chi connectivity index (χ4v) is 4.85. The summed E-state index contributed by atoms with van der Waals surface area (Å²) in [6.07, 6.45) is -4.59. The lowest BCUT2D eigenvalue weighted by Gasteiger charge is -2.16. The van der Waals surface area contributed by atoms with Crippen LogP contribution in [0.25, 0.3) is 6.08 Å². The molecule has 0 aliphatic carbocycles. The van der Waals surface area contributed by atoms with Gasteiger partial charge in [-0.1, -0.05) is 36.4 Å². The monoisotopic (exact) mass is 679 g/mol. The Morgan fingerprint density at radius 3 is 1.89 bits per heavy atom. The molecule has 4 aromatic rings. The molecule has 0 aromatic heterocycles. The van der Waals surface area contributed by atoms with E-state index in [1.54, 1.807) is 23.5 Å². The van der Waals surface area contributed by atoms with Crippen LogP contribution in [0, 0.1) is 29.1 Å². The summed E-state index contributed by atoms with van der Waals surface area (Å²) < 4.78 is 109. The van der Waals surface area contributed by atoms with Crippen molar-refractivity contribution in [1.82, 2.24) is 5.32 Å². The Morgan fingerprint density at radius 1 is 0.745 bits per heavy atom. The molecule has 0 saturated carbocycles. The summed E-state index contributed by atoms with van der Waals surface area (Å²) in [5, 5.41) is 5.40. The summed E-state index contributed by atoms with van der Waals surface area (Å²) in [6.45, 7) is 1.25. The van der Waals surface area contributed by atoms with Crippen LogP contribution in [-0.2, 0) is 15.8 Å². The highest BCUT2D eigenvalue weighted by molar-refractivity contribution is 8.00. The van der Waals surface area contributed by atoms with Gasteiger partial charge in [0.25, 0.3) is 11.8 Å². The van der Waals surface area contributed by atoms with Crippen LogP contribution in [0.3, 0.4) is 0 Å². The second kappa shape index (κ2) is 14.5. The number of hydrogen-bond donors (Lipinski definition) is 3. The van der Waals surface area contributed by atoms with E-state index in [1.807, 2.05) is 0 Å². The molecule has 6 nitrogen and oxygen atoms in total. The molecule has 0 fully saturated rings. The van der Waals surface area contributed by atoms with E-state index in [0.717, 1.165) is 17.8 Å². The third-order valence-corrected chi connectivity index (χ3v) is 7.44. The maximum absolute atomic E-state index is 14.3. The van der Waals surface area contributed by atoms with Crippen LogP contribution in [0.15, 0.2) is 89.5 Å². The minimum absolute atomic E-state index is 0.0200. The van der Waals surface area contributed by atoms with Gasteiger partial charge in [-0.3, -0.25) is 14.4 Å². The molecular weight excluding hydrogens is 658 g/mol. The number of anilines is 2. The van der Waals surface area contributed by atoms with Gasteiger partial charge >= 0.3 is 6.18 Å². The SMILES string of the molecule is CC(Sc1ccc(NC(=O)/C(=C/c2ccccc2F)NC(=O)c2ccccc2)cc1)C(=O)Nc1c(F)c(F)c(C(F)(F)F)c(F)c1F. The van der Waals surface area contributed by atoms with Gasteiger partial charge in [0.1, 0.15) is 22.8 Å². The Morgan fingerprint density at radius 2 is 1.32 bits per heavy atom. The molecule has 0 aliphatic rings. The highest BCUT2D eigenvalue weighted by atomic mass is 32.2. The molecule has 4 aromatic carbocycles. The largest absolute Gasteiger partial charge is 0.422 e. The van der Waals surface area contributed by atoms with Crippen LogP contribution < -0.4 is 16.0 Å². The molecule has 3 amide bonds. The standard InChI is InChI=1S/C32H21F8N3O3S/c1-16(29(44)43-28-26(36)24(34)23(32(38,39)40)25(35)27(28)37)47-20-13-11-19(12-14-20)41-31(46)22(15-18-9-5-6-10-21(18)33)42-30(45)17-7-3-2-4-8-17/h2-16H,1H3,(H,41,46)(H,42,45)(H,43,44)/b22-15-. The zero-order valence-corrected chi connectivity index (χ0v) is 24.6. The van der Waals surface area contributed by atoms with Crippen molar-refractivity contribution in [3.05, 3.63) is 130 Å². The third kappa shape index (κ3) is 8.35. The topological polar surface area (TPSA) is 87.3 Å². The molecule has 0 saturated heterocycles. The van der Waals surface area contributed by atoms with Crippen LogP contribution in [0.5, 0.6) is 0 Å². The second-order valence-electron chi connectivity index (χ2n) is 9.63. The van der Waals surface area contributed by atoms with E-state index in [-0.39, 0.29) is 22.5 Å². The molecule has 4 rings (SSSR count). The van der Waals surface area contributed by atoms with Crippen LogP contribution >= 0.6 is 11.8 Å². The lowest BCUT2D eigenvalue weighted by Crippen LogP contribution is -2.30. The maximum atomic E-state index is 14.3. The zero-order chi connectivity index (χ0) is 34.5. The van der Waals surface area contributed by atoms with Crippen LogP contribution in [0.1, 0.15) is 28.4 Å². The van der Waals surface area contributed by atoms with Crippen molar-refractivity contribution < 1.29 is 49.5 Å². The predicted molar refractivity (Wildman–Crippen MR) is 159 cm³/mol. The molecule has 244 valence electrons. The van der Waals surface area contributed by atoms with Gasteiger partial charge < -0.3 is 16.0 Å². The average Bonchev–Trinajstić information content (AvgIpc) is 3.03. The Hall–Kier alpha value is -5.18. The number of rotatable bonds is 9. The fraction of sp³-hybridized carbons (Fsp3) is 0.0938. The van der Waals surface area contributed by atoms with E-state index in [9.17, 15) is 49.5 Å². The van der Waals surface area contributed by atoms with Crippen molar-refractivity contribution in [2.24, 2.45) is 0 Å². The van der Waals surface area contributed by atoms with E-state index < -0.39 is 69.5 Å². The summed E-state index contributed by atoms with van der Waals surface area (Å²) in [5.74, 6) is -13.6. The van der Waals surface area contributed by atoms with Crippen molar-refractivity contribution in [1.29, 1.82) is 0 Å². The highest BCUT2D eigenvalue weighted by Gasteiger charge is 2.42. The van der Waals surface area contributed by atoms with E-state index in [1.165, 1.54) is 67.6 Å². The minimum atomic E-state index is -5.74. The molecule has 0 spiro atoms. The lowest BCUT2D eigenvalue weighted by molar-refractivity contribution is -0.143. The number of thioether (sulfide) groups is 1. The Balaban J connectivity index is 1.46. The van der Waals surface area contributed by atoms with Crippen LogP contribution in [0.4, 0.5) is 46.5 Å². The zero-order valence-electron chi connectivity index (χ0n) is 23.8. The van der Waals surface area contributed by atoms with E-state index in [4.69, 9.17) is 0 Å². The quantitative estimate of drug-likeness (QED) is 0.0726. The van der Waals surface area contributed by atoms with Crippen molar-refractivity contribution in [3.63, 3.8) is 0 Å². The number of benzene rings is 4. The van der Waals surface area contributed by atoms with Gasteiger partial charge in [-0.05, 0) is 55.5 Å². The summed E-state index contributed by atoms with van der Waals surface area (Å²) >= 11 is 0.795. The van der Waals surface area contributed by atoms with Gasteiger partial charge in [-0.2, -0.15) is 13.2 Å². The first kappa shape index (κ1) is 34.7. The van der Waals surface area contributed by atoms with Gasteiger partial charge in [0.15, 0.2) is 23.3 Å². The van der Waals surface area contributed by atoms with Gasteiger partial charge in [0.2, 0.25) is 5.91 Å². The molecule has 1 atom stereocenters. The van der Waals surface area contributed by atoms with E-state index >= 15 is 0 Å².